The smallest absolute Gasteiger partial charge is 0.433 e. The largest absolute Gasteiger partial charge is 0.493 e. The zero-order valence-electron chi connectivity index (χ0n) is 17.7. The van der Waals surface area contributed by atoms with Gasteiger partial charge in [0.05, 0.1) is 25.0 Å². The molecule has 1 aromatic carbocycles. The SMILES string of the molecule is CCCOc1ccc(CN(CCC)C(=O)c2ccc(C(F)(F)F)nc2C)cc1OC. The van der Waals surface area contributed by atoms with E-state index in [9.17, 15) is 18.0 Å². The van der Waals surface area contributed by atoms with E-state index in [1.165, 1.54) is 13.0 Å². The molecule has 0 aliphatic heterocycles. The Kier molecular flexibility index (Phi) is 8.08. The molecule has 0 saturated carbocycles. The summed E-state index contributed by atoms with van der Waals surface area (Å²) >= 11 is 0. The van der Waals surface area contributed by atoms with E-state index in [1.54, 1.807) is 24.1 Å². The van der Waals surface area contributed by atoms with Crippen LogP contribution in [0.15, 0.2) is 30.3 Å². The molecule has 2 rings (SSSR count). The molecule has 164 valence electrons. The van der Waals surface area contributed by atoms with E-state index in [0.717, 1.165) is 18.1 Å². The predicted octanol–water partition coefficient (Wildman–Crippen LogP) is 5.26. The van der Waals surface area contributed by atoms with Crippen LogP contribution < -0.4 is 9.47 Å². The van der Waals surface area contributed by atoms with Crippen LogP contribution in [0.3, 0.4) is 0 Å². The summed E-state index contributed by atoms with van der Waals surface area (Å²) in [7, 11) is 1.55. The van der Waals surface area contributed by atoms with Crippen molar-refractivity contribution in [2.75, 3.05) is 20.3 Å². The average Bonchev–Trinajstić information content (AvgIpc) is 2.71. The van der Waals surface area contributed by atoms with Gasteiger partial charge in [0.1, 0.15) is 5.69 Å². The minimum atomic E-state index is -4.55. The number of carbonyl (C=O) groups excluding carboxylic acids is 1. The fourth-order valence-electron chi connectivity index (χ4n) is 3.00. The highest BCUT2D eigenvalue weighted by Crippen LogP contribution is 2.30. The van der Waals surface area contributed by atoms with Crippen LogP contribution in [-0.2, 0) is 12.7 Å². The van der Waals surface area contributed by atoms with Gasteiger partial charge in [0.2, 0.25) is 0 Å². The summed E-state index contributed by atoms with van der Waals surface area (Å²) in [5, 5.41) is 0. The number of halogens is 3. The Morgan fingerprint density at radius 2 is 1.83 bits per heavy atom. The lowest BCUT2D eigenvalue weighted by Crippen LogP contribution is -2.32. The molecule has 0 spiro atoms. The van der Waals surface area contributed by atoms with E-state index < -0.39 is 11.9 Å². The molecule has 0 aliphatic rings. The Balaban J connectivity index is 2.26. The van der Waals surface area contributed by atoms with Crippen molar-refractivity contribution in [3.05, 3.63) is 52.8 Å². The summed E-state index contributed by atoms with van der Waals surface area (Å²) in [6.45, 7) is 6.66. The second-order valence-corrected chi connectivity index (χ2v) is 6.89. The van der Waals surface area contributed by atoms with Crippen molar-refractivity contribution in [2.45, 2.75) is 46.3 Å². The Hall–Kier alpha value is -2.77. The molecule has 0 bridgehead atoms. The van der Waals surface area contributed by atoms with Gasteiger partial charge < -0.3 is 14.4 Å². The van der Waals surface area contributed by atoms with E-state index >= 15 is 0 Å². The molecule has 0 N–H and O–H groups in total. The van der Waals surface area contributed by atoms with Crippen molar-refractivity contribution in [2.24, 2.45) is 0 Å². The highest BCUT2D eigenvalue weighted by molar-refractivity contribution is 5.95. The van der Waals surface area contributed by atoms with Gasteiger partial charge in [-0.15, -0.1) is 0 Å². The maximum atomic E-state index is 13.0. The maximum Gasteiger partial charge on any atom is 0.433 e. The number of alkyl halides is 3. The Morgan fingerprint density at radius 3 is 2.40 bits per heavy atom. The van der Waals surface area contributed by atoms with Crippen LogP contribution in [0.5, 0.6) is 11.5 Å². The molecule has 0 unspecified atom stereocenters. The number of benzene rings is 1. The lowest BCUT2D eigenvalue weighted by molar-refractivity contribution is -0.141. The Bertz CT molecular complexity index is 869. The zero-order chi connectivity index (χ0) is 22.3. The van der Waals surface area contributed by atoms with Gasteiger partial charge in [-0.25, -0.2) is 4.98 Å². The predicted molar refractivity (Wildman–Crippen MR) is 108 cm³/mol. The molecular formula is C22H27F3N2O3. The van der Waals surface area contributed by atoms with E-state index in [2.05, 4.69) is 4.98 Å². The molecule has 1 amide bonds. The standard InChI is InChI=1S/C22H27F3N2O3/c1-5-11-27(14-16-7-9-18(30-12-6-2)19(13-16)29-4)21(28)17-8-10-20(22(23,24)25)26-15(17)3/h7-10,13H,5-6,11-12,14H2,1-4H3. The summed E-state index contributed by atoms with van der Waals surface area (Å²) in [4.78, 5) is 18.2. The van der Waals surface area contributed by atoms with Crippen molar-refractivity contribution in [3.63, 3.8) is 0 Å². The highest BCUT2D eigenvalue weighted by atomic mass is 19.4. The normalized spacial score (nSPS) is 11.3. The van der Waals surface area contributed by atoms with Gasteiger partial charge in [0, 0.05) is 13.1 Å². The first-order chi connectivity index (χ1) is 14.2. The fourth-order valence-corrected chi connectivity index (χ4v) is 3.00. The van der Waals surface area contributed by atoms with Crippen LogP contribution in [0.1, 0.15) is 54.0 Å². The number of amides is 1. The molecule has 0 saturated heterocycles. The number of aryl methyl sites for hydroxylation is 1. The van der Waals surface area contributed by atoms with Crippen molar-refractivity contribution in [1.29, 1.82) is 0 Å². The topological polar surface area (TPSA) is 51.7 Å². The first-order valence-electron chi connectivity index (χ1n) is 9.85. The number of ether oxygens (including phenoxy) is 2. The van der Waals surface area contributed by atoms with Crippen molar-refractivity contribution < 1.29 is 27.4 Å². The van der Waals surface area contributed by atoms with Gasteiger partial charge in [-0.3, -0.25) is 4.79 Å². The van der Waals surface area contributed by atoms with Crippen LogP contribution in [0.4, 0.5) is 13.2 Å². The third-order valence-electron chi connectivity index (χ3n) is 4.45. The van der Waals surface area contributed by atoms with E-state index in [4.69, 9.17) is 9.47 Å². The number of aromatic nitrogens is 1. The maximum absolute atomic E-state index is 13.0. The van der Waals surface area contributed by atoms with Gasteiger partial charge in [0.15, 0.2) is 11.5 Å². The molecule has 0 aliphatic carbocycles. The summed E-state index contributed by atoms with van der Waals surface area (Å²) in [5.41, 5.74) is 0.0316. The second kappa shape index (κ2) is 10.3. The van der Waals surface area contributed by atoms with Crippen LogP contribution in [0.2, 0.25) is 0 Å². The quantitative estimate of drug-likeness (QED) is 0.551. The van der Waals surface area contributed by atoms with Crippen LogP contribution in [0.25, 0.3) is 0 Å². The molecular weight excluding hydrogens is 397 g/mol. The number of nitrogens with zero attached hydrogens (tertiary/aromatic N) is 2. The van der Waals surface area contributed by atoms with Gasteiger partial charge in [-0.1, -0.05) is 19.9 Å². The molecule has 0 fully saturated rings. The van der Waals surface area contributed by atoms with Crippen molar-refractivity contribution in [3.8, 4) is 11.5 Å². The third-order valence-corrected chi connectivity index (χ3v) is 4.45. The van der Waals surface area contributed by atoms with Crippen LogP contribution in [0, 0.1) is 6.92 Å². The minimum absolute atomic E-state index is 0.0526. The molecule has 1 aromatic heterocycles. The fraction of sp³-hybridized carbons (Fsp3) is 0.455. The Labute approximate surface area is 174 Å². The summed E-state index contributed by atoms with van der Waals surface area (Å²) in [6.07, 6.45) is -2.98. The summed E-state index contributed by atoms with van der Waals surface area (Å²) in [5.74, 6) is 0.831. The molecule has 0 atom stereocenters. The molecule has 8 heteroatoms. The molecule has 30 heavy (non-hydrogen) atoms. The molecule has 0 radical (unpaired) electrons. The van der Waals surface area contributed by atoms with E-state index in [1.807, 2.05) is 19.9 Å². The molecule has 1 heterocycles. The third kappa shape index (κ3) is 5.87. The van der Waals surface area contributed by atoms with Crippen LogP contribution >= 0.6 is 0 Å². The van der Waals surface area contributed by atoms with Gasteiger partial charge in [-0.2, -0.15) is 13.2 Å². The van der Waals surface area contributed by atoms with Gasteiger partial charge in [0.25, 0.3) is 5.91 Å². The van der Waals surface area contributed by atoms with Crippen LogP contribution in [-0.4, -0.2) is 36.1 Å². The first kappa shape index (κ1) is 23.5. The molecule has 2 aromatic rings. The summed E-state index contributed by atoms with van der Waals surface area (Å²) in [6, 6.07) is 7.48. The number of hydrogen-bond donors (Lipinski definition) is 0. The zero-order valence-corrected chi connectivity index (χ0v) is 17.7. The number of pyridine rings is 1. The number of rotatable bonds is 9. The summed E-state index contributed by atoms with van der Waals surface area (Å²) < 4.78 is 49.6. The first-order valence-corrected chi connectivity index (χ1v) is 9.85. The highest BCUT2D eigenvalue weighted by Gasteiger charge is 2.33. The van der Waals surface area contributed by atoms with Gasteiger partial charge in [-0.05, 0) is 49.6 Å². The molecule has 5 nitrogen and oxygen atoms in total. The number of carbonyl (C=O) groups is 1. The lowest BCUT2D eigenvalue weighted by atomic mass is 10.1. The monoisotopic (exact) mass is 424 g/mol. The van der Waals surface area contributed by atoms with Crippen molar-refractivity contribution >= 4 is 5.91 Å². The average molecular weight is 424 g/mol. The second-order valence-electron chi connectivity index (χ2n) is 6.89. The van der Waals surface area contributed by atoms with E-state index in [-0.39, 0.29) is 23.7 Å². The van der Waals surface area contributed by atoms with E-state index in [0.29, 0.717) is 31.1 Å². The Morgan fingerprint density at radius 1 is 1.10 bits per heavy atom. The minimum Gasteiger partial charge on any atom is -0.493 e. The number of hydrogen-bond acceptors (Lipinski definition) is 4. The van der Waals surface area contributed by atoms with Crippen molar-refractivity contribution in [1.82, 2.24) is 9.88 Å². The number of methoxy groups -OCH3 is 1. The lowest BCUT2D eigenvalue weighted by Gasteiger charge is -2.24. The van der Waals surface area contributed by atoms with Gasteiger partial charge >= 0.3 is 6.18 Å².